The molecule has 2 aromatic rings. The molecule has 0 saturated carbocycles. The van der Waals surface area contributed by atoms with E-state index >= 15 is 0 Å². The number of aliphatic imine (C=N–C) groups is 1. The van der Waals surface area contributed by atoms with E-state index in [1.807, 2.05) is 24.0 Å². The van der Waals surface area contributed by atoms with Crippen molar-refractivity contribution in [2.45, 2.75) is 40.3 Å². The quantitative estimate of drug-likeness (QED) is 0.410. The highest BCUT2D eigenvalue weighted by Gasteiger charge is 2.09. The summed E-state index contributed by atoms with van der Waals surface area (Å²) in [4.78, 5) is 4.65. The number of halogens is 1. The molecule has 0 bridgehead atoms. The number of nitrogens with one attached hydrogen (secondary N) is 2. The fraction of sp³-hybridized carbons (Fsp3) is 0.444. The molecule has 1 heterocycles. The maximum Gasteiger partial charge on any atom is 0.191 e. The first kappa shape index (κ1) is 20.5. The largest absolute Gasteiger partial charge is 0.357 e. The summed E-state index contributed by atoms with van der Waals surface area (Å²) in [5.41, 5.74) is 3.75. The van der Waals surface area contributed by atoms with Gasteiger partial charge in [0.05, 0.1) is 25.3 Å². The summed E-state index contributed by atoms with van der Waals surface area (Å²) < 4.78 is 1.92. The molecule has 0 fully saturated rings. The van der Waals surface area contributed by atoms with E-state index in [1.54, 1.807) is 0 Å². The zero-order valence-electron chi connectivity index (χ0n) is 14.9. The van der Waals surface area contributed by atoms with E-state index in [0.29, 0.717) is 6.54 Å². The Morgan fingerprint density at radius 2 is 2.04 bits per heavy atom. The minimum absolute atomic E-state index is 0. The fourth-order valence-electron chi connectivity index (χ4n) is 2.53. The number of benzene rings is 1. The summed E-state index contributed by atoms with van der Waals surface area (Å²) in [6, 6.07) is 8.64. The molecule has 2 N–H and O–H groups in total. The minimum Gasteiger partial charge on any atom is -0.357 e. The van der Waals surface area contributed by atoms with Crippen LogP contribution in [0.25, 0.3) is 0 Å². The Morgan fingerprint density at radius 1 is 1.29 bits per heavy atom. The van der Waals surface area contributed by atoms with Crippen molar-refractivity contribution in [2.75, 3.05) is 13.1 Å². The normalized spacial score (nSPS) is 12.4. The summed E-state index contributed by atoms with van der Waals surface area (Å²) >= 11 is 0. The van der Waals surface area contributed by atoms with Gasteiger partial charge < -0.3 is 10.6 Å². The Balaban J connectivity index is 0.00000288. The lowest BCUT2D eigenvalue weighted by atomic mass is 10.0. The smallest absolute Gasteiger partial charge is 0.191 e. The summed E-state index contributed by atoms with van der Waals surface area (Å²) in [6.45, 7) is 10.7. The molecule has 2 rings (SSSR count). The minimum atomic E-state index is 0. The van der Waals surface area contributed by atoms with Crippen LogP contribution in [0.1, 0.15) is 36.6 Å². The van der Waals surface area contributed by atoms with E-state index < -0.39 is 0 Å². The molecule has 1 aromatic heterocycles. The standard InChI is InChI=1S/C18H27N5.HI/c1-5-19-18(20-10-11-23-13-14(2)12-21-23)22-16(4)17-9-7-6-8-15(17)3;/h6-9,12-13,16H,5,10-11H2,1-4H3,(H2,19,20,22);1H. The van der Waals surface area contributed by atoms with Crippen LogP contribution in [-0.2, 0) is 6.54 Å². The van der Waals surface area contributed by atoms with Gasteiger partial charge in [0.15, 0.2) is 5.96 Å². The highest BCUT2D eigenvalue weighted by atomic mass is 127. The van der Waals surface area contributed by atoms with Crippen molar-refractivity contribution in [1.29, 1.82) is 0 Å². The average molecular weight is 441 g/mol. The second-order valence-electron chi connectivity index (χ2n) is 5.76. The van der Waals surface area contributed by atoms with Gasteiger partial charge in [-0.1, -0.05) is 24.3 Å². The molecular formula is C18H28IN5. The Hall–Kier alpha value is -1.57. The molecule has 1 unspecified atom stereocenters. The molecule has 1 atom stereocenters. The second-order valence-corrected chi connectivity index (χ2v) is 5.76. The third-order valence-corrected chi connectivity index (χ3v) is 3.71. The van der Waals surface area contributed by atoms with Crippen LogP contribution in [0.4, 0.5) is 0 Å². The maximum atomic E-state index is 4.65. The molecule has 0 aliphatic rings. The molecular weight excluding hydrogens is 413 g/mol. The van der Waals surface area contributed by atoms with E-state index in [2.05, 4.69) is 65.8 Å². The number of guanidine groups is 1. The van der Waals surface area contributed by atoms with Crippen LogP contribution in [0, 0.1) is 13.8 Å². The summed E-state index contributed by atoms with van der Waals surface area (Å²) in [6.07, 6.45) is 3.90. The van der Waals surface area contributed by atoms with Crippen LogP contribution in [-0.4, -0.2) is 28.8 Å². The predicted octanol–water partition coefficient (Wildman–Crippen LogP) is 3.43. The van der Waals surface area contributed by atoms with E-state index in [4.69, 9.17) is 0 Å². The van der Waals surface area contributed by atoms with Crippen molar-refractivity contribution < 1.29 is 0 Å². The molecule has 0 aliphatic carbocycles. The van der Waals surface area contributed by atoms with E-state index in [0.717, 1.165) is 19.0 Å². The van der Waals surface area contributed by atoms with Crippen molar-refractivity contribution in [2.24, 2.45) is 4.99 Å². The van der Waals surface area contributed by atoms with Crippen molar-refractivity contribution >= 4 is 29.9 Å². The van der Waals surface area contributed by atoms with Gasteiger partial charge in [0.1, 0.15) is 0 Å². The maximum absolute atomic E-state index is 4.65. The zero-order valence-corrected chi connectivity index (χ0v) is 17.2. The Kier molecular flexibility index (Phi) is 8.81. The first-order valence-corrected chi connectivity index (χ1v) is 8.19. The molecule has 1 aromatic carbocycles. The first-order chi connectivity index (χ1) is 11.1. The molecule has 132 valence electrons. The average Bonchev–Trinajstić information content (AvgIpc) is 2.93. The summed E-state index contributed by atoms with van der Waals surface area (Å²) in [5, 5.41) is 11.1. The number of rotatable bonds is 6. The van der Waals surface area contributed by atoms with Gasteiger partial charge in [-0.2, -0.15) is 5.10 Å². The topological polar surface area (TPSA) is 54.2 Å². The zero-order chi connectivity index (χ0) is 16.7. The van der Waals surface area contributed by atoms with Crippen molar-refractivity contribution in [3.05, 3.63) is 53.3 Å². The summed E-state index contributed by atoms with van der Waals surface area (Å²) in [5.74, 6) is 0.840. The molecule has 0 radical (unpaired) electrons. The van der Waals surface area contributed by atoms with Crippen LogP contribution in [0.5, 0.6) is 0 Å². The van der Waals surface area contributed by atoms with Gasteiger partial charge in [-0.3, -0.25) is 9.67 Å². The lowest BCUT2D eigenvalue weighted by Crippen LogP contribution is -2.39. The molecule has 0 amide bonds. The van der Waals surface area contributed by atoms with Crippen molar-refractivity contribution in [1.82, 2.24) is 20.4 Å². The Morgan fingerprint density at radius 3 is 2.67 bits per heavy atom. The fourth-order valence-corrected chi connectivity index (χ4v) is 2.53. The van der Waals surface area contributed by atoms with Gasteiger partial charge >= 0.3 is 0 Å². The van der Waals surface area contributed by atoms with Crippen LogP contribution >= 0.6 is 24.0 Å². The number of hydrogen-bond acceptors (Lipinski definition) is 2. The lowest BCUT2D eigenvalue weighted by molar-refractivity contribution is 0.617. The third-order valence-electron chi connectivity index (χ3n) is 3.71. The highest BCUT2D eigenvalue weighted by Crippen LogP contribution is 2.16. The number of hydrogen-bond donors (Lipinski definition) is 2. The molecule has 6 heteroatoms. The van der Waals surface area contributed by atoms with Gasteiger partial charge in [0.25, 0.3) is 0 Å². The number of nitrogens with zero attached hydrogens (tertiary/aromatic N) is 3. The Bertz CT molecular complexity index is 650. The monoisotopic (exact) mass is 441 g/mol. The van der Waals surface area contributed by atoms with Crippen molar-refractivity contribution in [3.63, 3.8) is 0 Å². The highest BCUT2D eigenvalue weighted by molar-refractivity contribution is 14.0. The molecule has 0 saturated heterocycles. The van der Waals surface area contributed by atoms with E-state index in [-0.39, 0.29) is 30.0 Å². The van der Waals surface area contributed by atoms with Crippen LogP contribution in [0.2, 0.25) is 0 Å². The number of aromatic nitrogens is 2. The van der Waals surface area contributed by atoms with Gasteiger partial charge in [-0.25, -0.2) is 0 Å². The van der Waals surface area contributed by atoms with Crippen LogP contribution < -0.4 is 10.6 Å². The first-order valence-electron chi connectivity index (χ1n) is 8.19. The predicted molar refractivity (Wildman–Crippen MR) is 111 cm³/mol. The van der Waals surface area contributed by atoms with E-state index in [9.17, 15) is 0 Å². The van der Waals surface area contributed by atoms with Crippen LogP contribution in [0.3, 0.4) is 0 Å². The van der Waals surface area contributed by atoms with Crippen LogP contribution in [0.15, 0.2) is 41.7 Å². The lowest BCUT2D eigenvalue weighted by Gasteiger charge is -2.19. The molecule has 5 nitrogen and oxygen atoms in total. The summed E-state index contributed by atoms with van der Waals surface area (Å²) in [7, 11) is 0. The van der Waals surface area contributed by atoms with Gasteiger partial charge in [0.2, 0.25) is 0 Å². The Labute approximate surface area is 162 Å². The second kappa shape index (κ2) is 10.3. The third kappa shape index (κ3) is 6.14. The van der Waals surface area contributed by atoms with Gasteiger partial charge in [0, 0.05) is 12.7 Å². The molecule has 0 aliphatic heterocycles. The van der Waals surface area contributed by atoms with Gasteiger partial charge in [-0.15, -0.1) is 24.0 Å². The van der Waals surface area contributed by atoms with E-state index in [1.165, 1.54) is 16.7 Å². The number of aryl methyl sites for hydroxylation is 2. The van der Waals surface area contributed by atoms with Crippen molar-refractivity contribution in [3.8, 4) is 0 Å². The van der Waals surface area contributed by atoms with Gasteiger partial charge in [-0.05, 0) is 44.4 Å². The molecule has 0 spiro atoms. The SMILES string of the molecule is CCNC(=NCCn1cc(C)cn1)NC(C)c1ccccc1C.I. The molecule has 24 heavy (non-hydrogen) atoms.